The number of carbonyl (C=O) groups excluding carboxylic acids is 1. The molecule has 0 spiro atoms. The monoisotopic (exact) mass is 349 g/mol. The second kappa shape index (κ2) is 7.76. The van der Waals surface area contributed by atoms with Crippen LogP contribution in [0.15, 0.2) is 78.6 Å². The molecule has 2 aromatic carbocycles. The number of rotatable bonds is 6. The maximum Gasteiger partial charge on any atom is 0.274 e. The van der Waals surface area contributed by atoms with E-state index in [0.717, 1.165) is 0 Å². The van der Waals surface area contributed by atoms with Crippen molar-refractivity contribution in [2.24, 2.45) is 0 Å². The number of ketones is 1. The Balaban J connectivity index is 2.10. The van der Waals surface area contributed by atoms with Crippen LogP contribution in [-0.2, 0) is 0 Å². The van der Waals surface area contributed by atoms with Crippen LogP contribution in [0.3, 0.4) is 0 Å². The van der Waals surface area contributed by atoms with Crippen LogP contribution in [0.4, 0.5) is 0 Å². The summed E-state index contributed by atoms with van der Waals surface area (Å²) in [5.74, 6) is -0.158. The van der Waals surface area contributed by atoms with Crippen molar-refractivity contribution in [1.29, 1.82) is 0 Å². The van der Waals surface area contributed by atoms with Crippen molar-refractivity contribution >= 4 is 5.78 Å². The van der Waals surface area contributed by atoms with Crippen LogP contribution in [0.5, 0.6) is 0 Å². The summed E-state index contributed by atoms with van der Waals surface area (Å²) in [6, 6.07) is 15.3. The minimum Gasteiger partial charge on any atom is -0.297 e. The quantitative estimate of drug-likeness (QED) is 0.491. The van der Waals surface area contributed by atoms with E-state index in [-0.39, 0.29) is 11.5 Å². The predicted octanol–water partition coefficient (Wildman–Crippen LogP) is 3.47. The predicted molar refractivity (Wildman–Crippen MR) is 98.8 cm³/mol. The van der Waals surface area contributed by atoms with Crippen LogP contribution < -0.4 is 5.43 Å². The zero-order valence-electron chi connectivity index (χ0n) is 14.3. The zero-order chi connectivity index (χ0) is 18.5. The van der Waals surface area contributed by atoms with E-state index in [1.807, 2.05) is 13.0 Å². The molecule has 0 radical (unpaired) electrons. The van der Waals surface area contributed by atoms with Gasteiger partial charge in [0.2, 0.25) is 0 Å². The van der Waals surface area contributed by atoms with Crippen molar-refractivity contribution in [3.05, 3.63) is 105 Å². The molecule has 0 saturated carbocycles. The number of hydrogen-bond acceptors (Lipinski definition) is 5. The van der Waals surface area contributed by atoms with Crippen LogP contribution in [0, 0.1) is 10.1 Å². The van der Waals surface area contributed by atoms with Gasteiger partial charge in [0.1, 0.15) is 0 Å². The van der Waals surface area contributed by atoms with Gasteiger partial charge < -0.3 is 0 Å². The normalized spacial score (nSPS) is 16.3. The van der Waals surface area contributed by atoms with Gasteiger partial charge in [-0.05, 0) is 11.6 Å². The smallest absolute Gasteiger partial charge is 0.274 e. The topological polar surface area (TPSA) is 75.5 Å². The third-order valence-electron chi connectivity index (χ3n) is 4.16. The molecule has 6 heteroatoms. The number of benzene rings is 2. The molecule has 0 aliphatic carbocycles. The number of nitro groups is 1. The number of hydrazine groups is 1. The summed E-state index contributed by atoms with van der Waals surface area (Å²) in [7, 11) is 0. The van der Waals surface area contributed by atoms with Crippen LogP contribution in [0.25, 0.3) is 0 Å². The Morgan fingerprint density at radius 2 is 1.85 bits per heavy atom. The van der Waals surface area contributed by atoms with Crippen LogP contribution >= 0.6 is 0 Å². The number of nitrogens with one attached hydrogen (secondary N) is 1. The van der Waals surface area contributed by atoms with Gasteiger partial charge in [-0.3, -0.25) is 19.9 Å². The molecule has 0 fully saturated rings. The summed E-state index contributed by atoms with van der Waals surface area (Å²) in [6.45, 7) is 2.51. The highest BCUT2D eigenvalue weighted by Crippen LogP contribution is 2.33. The minimum absolute atomic E-state index is 0.0155. The number of nitrogens with zero attached hydrogens (tertiary/aromatic N) is 2. The molecule has 1 heterocycles. The summed E-state index contributed by atoms with van der Waals surface area (Å²) >= 11 is 0. The molecule has 26 heavy (non-hydrogen) atoms. The second-order valence-electron chi connectivity index (χ2n) is 5.79. The fourth-order valence-electron chi connectivity index (χ4n) is 3.04. The Morgan fingerprint density at radius 1 is 1.15 bits per heavy atom. The van der Waals surface area contributed by atoms with Gasteiger partial charge in [-0.15, -0.1) is 0 Å². The maximum absolute atomic E-state index is 13.0. The van der Waals surface area contributed by atoms with Crippen LogP contribution in [-0.4, -0.2) is 22.3 Å². The zero-order valence-corrected chi connectivity index (χ0v) is 14.3. The summed E-state index contributed by atoms with van der Waals surface area (Å²) in [5.41, 5.74) is 4.72. The number of allylic oxidation sites excluding steroid dienone is 2. The lowest BCUT2D eigenvalue weighted by molar-refractivity contribution is -0.434. The third-order valence-corrected chi connectivity index (χ3v) is 4.16. The van der Waals surface area contributed by atoms with Crippen molar-refractivity contribution < 1.29 is 9.72 Å². The van der Waals surface area contributed by atoms with E-state index in [2.05, 4.69) is 5.43 Å². The van der Waals surface area contributed by atoms with Gasteiger partial charge in [0.15, 0.2) is 11.8 Å². The first kappa shape index (κ1) is 17.6. The lowest BCUT2D eigenvalue weighted by Gasteiger charge is -2.31. The molecule has 3 rings (SSSR count). The summed E-state index contributed by atoms with van der Waals surface area (Å²) in [4.78, 5) is 24.2. The van der Waals surface area contributed by atoms with Crippen molar-refractivity contribution in [2.75, 3.05) is 6.54 Å². The Morgan fingerprint density at radius 3 is 2.54 bits per heavy atom. The highest BCUT2D eigenvalue weighted by Gasteiger charge is 2.35. The molecule has 132 valence electrons. The van der Waals surface area contributed by atoms with Gasteiger partial charge in [-0.1, -0.05) is 61.5 Å². The van der Waals surface area contributed by atoms with Crippen molar-refractivity contribution in [3.8, 4) is 0 Å². The van der Waals surface area contributed by atoms with Gasteiger partial charge in [-0.25, -0.2) is 5.43 Å². The molecule has 0 bridgehead atoms. The number of carbonyl (C=O) groups is 1. The Hall–Kier alpha value is -3.25. The lowest BCUT2D eigenvalue weighted by atomic mass is 9.91. The highest BCUT2D eigenvalue weighted by molar-refractivity contribution is 6.10. The Bertz CT molecular complexity index is 875. The summed E-state index contributed by atoms with van der Waals surface area (Å²) in [5, 5.41) is 13.3. The van der Waals surface area contributed by atoms with Gasteiger partial charge in [0.25, 0.3) is 5.70 Å². The summed E-state index contributed by atoms with van der Waals surface area (Å²) in [6.07, 6.45) is 4.84. The molecule has 0 aromatic heterocycles. The molecule has 0 saturated heterocycles. The third kappa shape index (κ3) is 3.41. The molecule has 0 amide bonds. The van der Waals surface area contributed by atoms with E-state index in [9.17, 15) is 14.9 Å². The van der Waals surface area contributed by atoms with Gasteiger partial charge >= 0.3 is 0 Å². The fourth-order valence-corrected chi connectivity index (χ4v) is 3.04. The van der Waals surface area contributed by atoms with E-state index in [1.54, 1.807) is 65.8 Å². The molecule has 1 aliphatic rings. The Labute approximate surface area is 151 Å². The molecule has 1 unspecified atom stereocenters. The second-order valence-corrected chi connectivity index (χ2v) is 5.79. The maximum atomic E-state index is 13.0. The van der Waals surface area contributed by atoms with E-state index >= 15 is 0 Å². The van der Waals surface area contributed by atoms with Crippen molar-refractivity contribution in [1.82, 2.24) is 10.4 Å². The lowest BCUT2D eigenvalue weighted by Crippen LogP contribution is -2.40. The average molecular weight is 349 g/mol. The van der Waals surface area contributed by atoms with E-state index in [0.29, 0.717) is 23.2 Å². The summed E-state index contributed by atoms with van der Waals surface area (Å²) < 4.78 is 0. The molecule has 1 N–H and O–H groups in total. The molecule has 6 nitrogen and oxygen atoms in total. The Kier molecular flexibility index (Phi) is 5.24. The SMILES string of the molecule is CCNN1C=CC=C([N+](=O)[O-])C1c1ccccc1C(=O)c1ccccc1. The van der Waals surface area contributed by atoms with E-state index < -0.39 is 11.0 Å². The largest absolute Gasteiger partial charge is 0.297 e. The molecular formula is C20H19N3O3. The minimum atomic E-state index is -0.696. The first-order valence-corrected chi connectivity index (χ1v) is 8.36. The molecule has 1 atom stereocenters. The van der Waals surface area contributed by atoms with Crippen molar-refractivity contribution in [3.63, 3.8) is 0 Å². The van der Waals surface area contributed by atoms with Gasteiger partial charge in [0, 0.05) is 29.9 Å². The van der Waals surface area contributed by atoms with E-state index in [1.165, 1.54) is 6.08 Å². The van der Waals surface area contributed by atoms with Crippen LogP contribution in [0.1, 0.15) is 34.5 Å². The first-order chi connectivity index (χ1) is 12.6. The average Bonchev–Trinajstić information content (AvgIpc) is 2.68. The first-order valence-electron chi connectivity index (χ1n) is 8.36. The van der Waals surface area contributed by atoms with Crippen molar-refractivity contribution in [2.45, 2.75) is 13.0 Å². The van der Waals surface area contributed by atoms with Gasteiger partial charge in [0.05, 0.1) is 4.92 Å². The van der Waals surface area contributed by atoms with E-state index in [4.69, 9.17) is 0 Å². The molecular weight excluding hydrogens is 330 g/mol. The molecule has 1 aliphatic heterocycles. The molecule has 2 aromatic rings. The fraction of sp³-hybridized carbons (Fsp3) is 0.150. The van der Waals surface area contributed by atoms with Crippen LogP contribution in [0.2, 0.25) is 0 Å². The number of hydrogen-bond donors (Lipinski definition) is 1. The standard InChI is InChI=1S/C20H19N3O3/c1-2-21-22-14-8-13-18(23(25)26)19(22)16-11-6-7-12-17(16)20(24)15-9-4-3-5-10-15/h3-14,19,21H,2H2,1H3. The highest BCUT2D eigenvalue weighted by atomic mass is 16.6. The van der Waals surface area contributed by atoms with Gasteiger partial charge in [-0.2, -0.15) is 0 Å².